The molecule has 0 saturated heterocycles. The van der Waals surface area contributed by atoms with E-state index in [2.05, 4.69) is 5.32 Å². The van der Waals surface area contributed by atoms with E-state index in [-0.39, 0.29) is 11.8 Å². The molecule has 0 spiro atoms. The maximum atomic E-state index is 11.5. The number of carbonyl (C=O) groups is 2. The normalized spacial score (nSPS) is 14.5. The first-order chi connectivity index (χ1) is 6.90. The molecule has 0 fully saturated rings. The predicted octanol–water partition coefficient (Wildman–Crippen LogP) is 0.0375. The van der Waals surface area contributed by atoms with Crippen LogP contribution in [0.2, 0.25) is 0 Å². The van der Waals surface area contributed by atoms with Gasteiger partial charge >= 0.3 is 5.97 Å². The molecular weight excluding hydrogens is 196 g/mol. The number of hydrogen-bond donors (Lipinski definition) is 2. The van der Waals surface area contributed by atoms with E-state index in [0.717, 1.165) is 0 Å². The first kappa shape index (κ1) is 13.9. The van der Waals surface area contributed by atoms with Gasteiger partial charge in [0, 0.05) is 0 Å². The highest BCUT2D eigenvalue weighted by Gasteiger charge is 2.22. The Bertz CT molecular complexity index is 229. The van der Waals surface area contributed by atoms with Crippen molar-refractivity contribution >= 4 is 11.9 Å². The number of amides is 1. The molecule has 0 aromatic rings. The molecule has 0 aliphatic carbocycles. The van der Waals surface area contributed by atoms with Gasteiger partial charge in [-0.3, -0.25) is 4.79 Å². The summed E-state index contributed by atoms with van der Waals surface area (Å²) in [5.74, 6) is -0.730. The second kappa shape index (κ2) is 6.40. The van der Waals surface area contributed by atoms with Crippen LogP contribution in [0.15, 0.2) is 0 Å². The third kappa shape index (κ3) is 4.78. The molecule has 1 amide bonds. The molecule has 0 radical (unpaired) electrons. The molecule has 0 aromatic carbocycles. The summed E-state index contributed by atoms with van der Waals surface area (Å²) in [6.45, 7) is 7.28. The highest BCUT2D eigenvalue weighted by molar-refractivity contribution is 5.87. The minimum absolute atomic E-state index is 0.0411. The lowest BCUT2D eigenvalue weighted by molar-refractivity contribution is -0.147. The van der Waals surface area contributed by atoms with Gasteiger partial charge in [-0.05, 0) is 19.8 Å². The summed E-state index contributed by atoms with van der Waals surface area (Å²) in [5.41, 5.74) is 5.62. The Kier molecular flexibility index (Phi) is 5.93. The van der Waals surface area contributed by atoms with Crippen LogP contribution in [0.4, 0.5) is 0 Å². The summed E-state index contributed by atoms with van der Waals surface area (Å²) < 4.78 is 4.75. The van der Waals surface area contributed by atoms with E-state index in [1.54, 1.807) is 13.8 Å². The molecule has 2 atom stereocenters. The van der Waals surface area contributed by atoms with Gasteiger partial charge in [-0.25, -0.2) is 4.79 Å². The van der Waals surface area contributed by atoms with Crippen molar-refractivity contribution in [1.29, 1.82) is 0 Å². The largest absolute Gasteiger partial charge is 0.464 e. The third-order valence-corrected chi connectivity index (χ3v) is 2.02. The summed E-state index contributed by atoms with van der Waals surface area (Å²) in [5, 5.41) is 2.51. The van der Waals surface area contributed by atoms with Gasteiger partial charge in [0.2, 0.25) is 5.91 Å². The number of esters is 1. The Morgan fingerprint density at radius 1 is 1.33 bits per heavy atom. The zero-order valence-corrected chi connectivity index (χ0v) is 9.74. The van der Waals surface area contributed by atoms with E-state index in [1.165, 1.54) is 0 Å². The van der Waals surface area contributed by atoms with Crippen LogP contribution >= 0.6 is 0 Å². The number of nitrogens with one attached hydrogen (secondary N) is 1. The lowest BCUT2D eigenvalue weighted by atomic mass is 10.0. The van der Waals surface area contributed by atoms with E-state index in [9.17, 15) is 9.59 Å². The average molecular weight is 216 g/mol. The Labute approximate surface area is 90.4 Å². The summed E-state index contributed by atoms with van der Waals surface area (Å²) in [6, 6.07) is -1.25. The Morgan fingerprint density at radius 2 is 1.87 bits per heavy atom. The molecule has 88 valence electrons. The summed E-state index contributed by atoms with van der Waals surface area (Å²) >= 11 is 0. The lowest BCUT2D eigenvalue weighted by Gasteiger charge is -2.18. The fourth-order valence-corrected chi connectivity index (χ4v) is 0.939. The van der Waals surface area contributed by atoms with Crippen molar-refractivity contribution in [2.75, 3.05) is 6.61 Å². The van der Waals surface area contributed by atoms with Crippen LogP contribution < -0.4 is 11.1 Å². The van der Waals surface area contributed by atoms with Crippen LogP contribution in [0.25, 0.3) is 0 Å². The van der Waals surface area contributed by atoms with E-state index in [4.69, 9.17) is 10.5 Å². The number of ether oxygens (including phenoxy) is 1. The smallest absolute Gasteiger partial charge is 0.328 e. The van der Waals surface area contributed by atoms with Crippen LogP contribution in [-0.4, -0.2) is 30.6 Å². The maximum absolute atomic E-state index is 11.5. The van der Waals surface area contributed by atoms with Crippen LogP contribution in [-0.2, 0) is 14.3 Å². The molecule has 0 aliphatic rings. The summed E-state index contributed by atoms with van der Waals surface area (Å²) in [7, 11) is 0. The van der Waals surface area contributed by atoms with Crippen LogP contribution in [0, 0.1) is 5.92 Å². The molecule has 15 heavy (non-hydrogen) atoms. The summed E-state index contributed by atoms with van der Waals surface area (Å²) in [4.78, 5) is 22.7. The standard InChI is InChI=1S/C10H20N2O3/c1-5-15-10(14)7(4)12-9(13)8(11)6(2)3/h6-8H,5,11H2,1-4H3,(H,12,13)/t7-,8-/m0/s1. The molecule has 0 aliphatic heterocycles. The van der Waals surface area contributed by atoms with Crippen LogP contribution in [0.3, 0.4) is 0 Å². The summed E-state index contributed by atoms with van der Waals surface area (Å²) in [6.07, 6.45) is 0. The van der Waals surface area contributed by atoms with Crippen molar-refractivity contribution in [2.24, 2.45) is 11.7 Å². The van der Waals surface area contributed by atoms with Crippen LogP contribution in [0.5, 0.6) is 0 Å². The average Bonchev–Trinajstić information content (AvgIpc) is 2.16. The van der Waals surface area contributed by atoms with Gasteiger partial charge in [0.15, 0.2) is 0 Å². The van der Waals surface area contributed by atoms with Gasteiger partial charge in [0.1, 0.15) is 6.04 Å². The monoisotopic (exact) mass is 216 g/mol. The first-order valence-corrected chi connectivity index (χ1v) is 5.12. The number of carbonyl (C=O) groups excluding carboxylic acids is 2. The third-order valence-electron chi connectivity index (χ3n) is 2.02. The molecule has 0 heterocycles. The van der Waals surface area contributed by atoms with Gasteiger partial charge < -0.3 is 15.8 Å². The quantitative estimate of drug-likeness (QED) is 0.636. The van der Waals surface area contributed by atoms with E-state index in [1.807, 2.05) is 13.8 Å². The van der Waals surface area contributed by atoms with E-state index >= 15 is 0 Å². The molecule has 0 rings (SSSR count). The molecule has 5 nitrogen and oxygen atoms in total. The fourth-order valence-electron chi connectivity index (χ4n) is 0.939. The Hall–Kier alpha value is -1.10. The molecular formula is C10H20N2O3. The van der Waals surface area contributed by atoms with E-state index < -0.39 is 18.1 Å². The minimum atomic E-state index is -0.651. The van der Waals surface area contributed by atoms with Crippen LogP contribution in [0.1, 0.15) is 27.7 Å². The zero-order chi connectivity index (χ0) is 12.0. The Morgan fingerprint density at radius 3 is 2.27 bits per heavy atom. The van der Waals surface area contributed by atoms with Crippen molar-refractivity contribution in [1.82, 2.24) is 5.32 Å². The van der Waals surface area contributed by atoms with Gasteiger partial charge in [-0.1, -0.05) is 13.8 Å². The van der Waals surface area contributed by atoms with Crippen molar-refractivity contribution < 1.29 is 14.3 Å². The predicted molar refractivity (Wildman–Crippen MR) is 57.1 cm³/mol. The molecule has 0 unspecified atom stereocenters. The molecule has 0 aromatic heterocycles. The highest BCUT2D eigenvalue weighted by atomic mass is 16.5. The number of nitrogens with two attached hydrogens (primary N) is 1. The molecule has 5 heteroatoms. The lowest BCUT2D eigenvalue weighted by Crippen LogP contribution is -2.49. The van der Waals surface area contributed by atoms with Crippen molar-refractivity contribution in [2.45, 2.75) is 39.8 Å². The van der Waals surface area contributed by atoms with E-state index in [0.29, 0.717) is 6.61 Å². The van der Waals surface area contributed by atoms with Crippen molar-refractivity contribution in [3.63, 3.8) is 0 Å². The number of hydrogen-bond acceptors (Lipinski definition) is 4. The SMILES string of the molecule is CCOC(=O)[C@H](C)NC(=O)[C@@H](N)C(C)C. The van der Waals surface area contributed by atoms with Gasteiger partial charge in [-0.2, -0.15) is 0 Å². The van der Waals surface area contributed by atoms with Gasteiger partial charge in [-0.15, -0.1) is 0 Å². The second-order valence-electron chi connectivity index (χ2n) is 3.75. The first-order valence-electron chi connectivity index (χ1n) is 5.12. The molecule has 0 saturated carbocycles. The molecule has 0 bridgehead atoms. The molecule has 3 N–H and O–H groups in total. The van der Waals surface area contributed by atoms with Gasteiger partial charge in [0.05, 0.1) is 12.6 Å². The topological polar surface area (TPSA) is 81.4 Å². The number of rotatable bonds is 5. The maximum Gasteiger partial charge on any atom is 0.328 e. The minimum Gasteiger partial charge on any atom is -0.464 e. The van der Waals surface area contributed by atoms with Crippen molar-refractivity contribution in [3.05, 3.63) is 0 Å². The van der Waals surface area contributed by atoms with Crippen molar-refractivity contribution in [3.8, 4) is 0 Å². The zero-order valence-electron chi connectivity index (χ0n) is 9.74. The fraction of sp³-hybridized carbons (Fsp3) is 0.800. The Balaban J connectivity index is 4.12. The highest BCUT2D eigenvalue weighted by Crippen LogP contribution is 1.99. The van der Waals surface area contributed by atoms with Gasteiger partial charge in [0.25, 0.3) is 0 Å². The second-order valence-corrected chi connectivity index (χ2v) is 3.75.